The summed E-state index contributed by atoms with van der Waals surface area (Å²) in [4.78, 5) is 0. The maximum absolute atomic E-state index is 11.9. The zero-order valence-corrected chi connectivity index (χ0v) is 8.43. The summed E-state index contributed by atoms with van der Waals surface area (Å²) in [5.74, 6) is 0. The van der Waals surface area contributed by atoms with Crippen LogP contribution in [-0.4, -0.2) is 6.67 Å². The van der Waals surface area contributed by atoms with Crippen LogP contribution in [0.5, 0.6) is 0 Å². The molecule has 0 aliphatic rings. The molecule has 0 unspecified atom stereocenters. The lowest BCUT2D eigenvalue weighted by molar-refractivity contribution is 0.442. The van der Waals surface area contributed by atoms with Gasteiger partial charge >= 0.3 is 0 Å². The molecule has 0 fully saturated rings. The average Bonchev–Trinajstić information content (AvgIpc) is 2.18. The third-order valence-electron chi connectivity index (χ3n) is 1.89. The molecule has 1 rings (SSSR count). The summed E-state index contributed by atoms with van der Waals surface area (Å²) in [6, 6.07) is 8.65. The summed E-state index contributed by atoms with van der Waals surface area (Å²) in [5.41, 5.74) is 7.14. The highest BCUT2D eigenvalue weighted by atomic mass is 35.5. The predicted molar refractivity (Wildman–Crippen MR) is 55.9 cm³/mol. The van der Waals surface area contributed by atoms with Gasteiger partial charge in [0.15, 0.2) is 0 Å². The highest BCUT2D eigenvalue weighted by molar-refractivity contribution is 5.85. The van der Waals surface area contributed by atoms with E-state index in [1.165, 1.54) is 0 Å². The van der Waals surface area contributed by atoms with E-state index in [2.05, 4.69) is 0 Å². The molecule has 2 N–H and O–H groups in total. The number of benzene rings is 1. The van der Waals surface area contributed by atoms with Gasteiger partial charge in [0.1, 0.15) is 0 Å². The molecule has 0 saturated heterocycles. The maximum atomic E-state index is 11.9. The highest BCUT2D eigenvalue weighted by Crippen LogP contribution is 2.14. The van der Waals surface area contributed by atoms with E-state index in [1.54, 1.807) is 24.3 Å². The van der Waals surface area contributed by atoms with Crippen molar-refractivity contribution >= 4 is 12.4 Å². The van der Waals surface area contributed by atoms with E-state index in [0.717, 1.165) is 5.56 Å². The molecule has 4 heteroatoms. The van der Waals surface area contributed by atoms with E-state index < -0.39 is 6.67 Å². The Morgan fingerprint density at radius 3 is 2.36 bits per heavy atom. The number of hydrogen-bond acceptors (Lipinski definition) is 2. The van der Waals surface area contributed by atoms with Crippen LogP contribution >= 0.6 is 12.4 Å². The van der Waals surface area contributed by atoms with Gasteiger partial charge in [0, 0.05) is 6.04 Å². The number of nitriles is 1. The molecule has 0 spiro atoms. The second-order valence-corrected chi connectivity index (χ2v) is 2.82. The minimum atomic E-state index is -0.416. The number of rotatable bonds is 3. The molecule has 76 valence electrons. The second kappa shape index (κ2) is 6.36. The summed E-state index contributed by atoms with van der Waals surface area (Å²) in [7, 11) is 0. The first-order valence-corrected chi connectivity index (χ1v) is 4.09. The van der Waals surface area contributed by atoms with Gasteiger partial charge in [-0.1, -0.05) is 12.1 Å². The molecule has 2 nitrogen and oxygen atoms in total. The van der Waals surface area contributed by atoms with Gasteiger partial charge in [0.2, 0.25) is 0 Å². The Labute approximate surface area is 88.9 Å². The van der Waals surface area contributed by atoms with E-state index in [-0.39, 0.29) is 18.4 Å². The number of nitrogens with two attached hydrogens (primary N) is 1. The van der Waals surface area contributed by atoms with E-state index in [0.29, 0.717) is 12.0 Å². The largest absolute Gasteiger partial charge is 0.324 e. The maximum Gasteiger partial charge on any atom is 0.0991 e. The van der Waals surface area contributed by atoms with E-state index in [4.69, 9.17) is 11.0 Å². The fourth-order valence-corrected chi connectivity index (χ4v) is 1.09. The minimum absolute atomic E-state index is 0. The first-order valence-electron chi connectivity index (χ1n) is 4.09. The summed E-state index contributed by atoms with van der Waals surface area (Å²) in [6.07, 6.45) is 0.325. The molecule has 0 saturated carbocycles. The van der Waals surface area contributed by atoms with E-state index in [9.17, 15) is 4.39 Å². The molecule has 0 amide bonds. The first-order chi connectivity index (χ1) is 6.27. The van der Waals surface area contributed by atoms with Crippen LogP contribution in [0.1, 0.15) is 23.6 Å². The van der Waals surface area contributed by atoms with Gasteiger partial charge in [-0.15, -0.1) is 12.4 Å². The molecule has 14 heavy (non-hydrogen) atoms. The van der Waals surface area contributed by atoms with Crippen molar-refractivity contribution in [2.24, 2.45) is 5.73 Å². The van der Waals surface area contributed by atoms with Crippen molar-refractivity contribution in [2.75, 3.05) is 6.67 Å². The van der Waals surface area contributed by atoms with Gasteiger partial charge < -0.3 is 5.73 Å². The number of alkyl halides is 1. The van der Waals surface area contributed by atoms with Crippen LogP contribution in [-0.2, 0) is 0 Å². The van der Waals surface area contributed by atoms with Crippen LogP contribution in [0.2, 0.25) is 0 Å². The van der Waals surface area contributed by atoms with Crippen molar-refractivity contribution in [1.82, 2.24) is 0 Å². The summed E-state index contributed by atoms with van der Waals surface area (Å²) >= 11 is 0. The van der Waals surface area contributed by atoms with Crippen LogP contribution in [0.25, 0.3) is 0 Å². The van der Waals surface area contributed by atoms with Crippen molar-refractivity contribution in [3.05, 3.63) is 35.4 Å². The Bertz CT molecular complexity index is 305. The topological polar surface area (TPSA) is 49.8 Å². The molecule has 0 heterocycles. The highest BCUT2D eigenvalue weighted by Gasteiger charge is 2.04. The number of hydrogen-bond donors (Lipinski definition) is 1. The monoisotopic (exact) mass is 214 g/mol. The van der Waals surface area contributed by atoms with Gasteiger partial charge in [0.05, 0.1) is 18.3 Å². The van der Waals surface area contributed by atoms with Crippen LogP contribution in [0.3, 0.4) is 0 Å². The molecule has 0 aliphatic heterocycles. The lowest BCUT2D eigenvalue weighted by Crippen LogP contribution is -2.10. The predicted octanol–water partition coefficient (Wildman–Crippen LogP) is 2.34. The van der Waals surface area contributed by atoms with Crippen molar-refractivity contribution < 1.29 is 4.39 Å². The summed E-state index contributed by atoms with van der Waals surface area (Å²) < 4.78 is 11.9. The fourth-order valence-electron chi connectivity index (χ4n) is 1.09. The Hall–Kier alpha value is -1.11. The first kappa shape index (κ1) is 12.9. The lowest BCUT2D eigenvalue weighted by atomic mass is 10.0. The molecule has 0 aliphatic carbocycles. The zero-order valence-electron chi connectivity index (χ0n) is 7.61. The Morgan fingerprint density at radius 1 is 1.36 bits per heavy atom. The third-order valence-corrected chi connectivity index (χ3v) is 1.89. The SMILES string of the molecule is Cl.N#Cc1ccc([C@H](N)CCF)cc1. The smallest absolute Gasteiger partial charge is 0.0991 e. The zero-order chi connectivity index (χ0) is 9.68. The van der Waals surface area contributed by atoms with Gasteiger partial charge in [-0.2, -0.15) is 5.26 Å². The summed E-state index contributed by atoms with van der Waals surface area (Å²) in [6.45, 7) is -0.416. The van der Waals surface area contributed by atoms with Gasteiger partial charge in [-0.25, -0.2) is 0 Å². The van der Waals surface area contributed by atoms with Gasteiger partial charge in [-0.3, -0.25) is 4.39 Å². The second-order valence-electron chi connectivity index (χ2n) is 2.82. The summed E-state index contributed by atoms with van der Waals surface area (Å²) in [5, 5.41) is 8.53. The third kappa shape index (κ3) is 3.33. The minimum Gasteiger partial charge on any atom is -0.324 e. The van der Waals surface area contributed by atoms with Crippen LogP contribution < -0.4 is 5.73 Å². The molecule has 1 aromatic rings. The number of halogens is 2. The molecular weight excluding hydrogens is 203 g/mol. The van der Waals surface area contributed by atoms with Crippen LogP contribution in [0, 0.1) is 11.3 Å². The van der Waals surface area contributed by atoms with E-state index in [1.807, 2.05) is 6.07 Å². The molecule has 0 radical (unpaired) electrons. The molecule has 0 aromatic heterocycles. The van der Waals surface area contributed by atoms with Crippen LogP contribution in [0.4, 0.5) is 4.39 Å². The molecule has 1 atom stereocenters. The van der Waals surface area contributed by atoms with E-state index >= 15 is 0 Å². The molecule has 1 aromatic carbocycles. The average molecular weight is 215 g/mol. The number of nitrogens with zero attached hydrogens (tertiary/aromatic N) is 1. The quantitative estimate of drug-likeness (QED) is 0.840. The van der Waals surface area contributed by atoms with Crippen molar-refractivity contribution in [2.45, 2.75) is 12.5 Å². The van der Waals surface area contributed by atoms with Gasteiger partial charge in [0.25, 0.3) is 0 Å². The van der Waals surface area contributed by atoms with Crippen LogP contribution in [0.15, 0.2) is 24.3 Å². The van der Waals surface area contributed by atoms with Crippen molar-refractivity contribution in [3.8, 4) is 6.07 Å². The Balaban J connectivity index is 0.00000169. The molecular formula is C10H12ClFN2. The van der Waals surface area contributed by atoms with Crippen molar-refractivity contribution in [1.29, 1.82) is 5.26 Å². The van der Waals surface area contributed by atoms with Gasteiger partial charge in [-0.05, 0) is 24.1 Å². The fraction of sp³-hybridized carbons (Fsp3) is 0.300. The normalized spacial score (nSPS) is 11.2. The lowest BCUT2D eigenvalue weighted by Gasteiger charge is -2.08. The Kier molecular flexibility index (Phi) is 5.86. The standard InChI is InChI=1S/C10H11FN2.ClH/c11-6-5-10(13)9-3-1-8(7-12)2-4-9;/h1-4,10H,5-6,13H2;1H/t10-;/m1./s1. The molecule has 0 bridgehead atoms. The Morgan fingerprint density at radius 2 is 1.93 bits per heavy atom. The van der Waals surface area contributed by atoms with Crippen molar-refractivity contribution in [3.63, 3.8) is 0 Å².